The maximum absolute atomic E-state index is 10.1. The van der Waals surface area contributed by atoms with Gasteiger partial charge in [0, 0.05) is 19.6 Å². The van der Waals surface area contributed by atoms with Gasteiger partial charge in [0.05, 0.1) is 16.6 Å². The Hall–Kier alpha value is -2.58. The highest BCUT2D eigenvalue weighted by Crippen LogP contribution is 2.36. The largest absolute Gasteiger partial charge is 0.357 e. The molecule has 1 aromatic carbocycles. The Morgan fingerprint density at radius 3 is 2.74 bits per heavy atom. The maximum atomic E-state index is 10.1. The molecule has 0 aliphatic carbocycles. The van der Waals surface area contributed by atoms with Gasteiger partial charge in [-0.1, -0.05) is 38.3 Å². The summed E-state index contributed by atoms with van der Waals surface area (Å²) in [4.78, 5) is 9.77. The van der Waals surface area contributed by atoms with Crippen LogP contribution in [0.4, 0.5) is 5.82 Å². The average molecular weight is 418 g/mol. The zero-order valence-electron chi connectivity index (χ0n) is 19.5. The summed E-state index contributed by atoms with van der Waals surface area (Å²) in [5, 5.41) is 10.1. The fourth-order valence-corrected chi connectivity index (χ4v) is 5.21. The summed E-state index contributed by atoms with van der Waals surface area (Å²) in [7, 11) is 4.32. The van der Waals surface area contributed by atoms with Crippen molar-refractivity contribution in [3.63, 3.8) is 0 Å². The van der Waals surface area contributed by atoms with Gasteiger partial charge in [-0.05, 0) is 69.5 Å². The Morgan fingerprint density at radius 2 is 2.00 bits per heavy atom. The first kappa shape index (κ1) is 21.6. The van der Waals surface area contributed by atoms with Crippen LogP contribution in [0.5, 0.6) is 0 Å². The Kier molecular flexibility index (Phi) is 6.48. The van der Waals surface area contributed by atoms with E-state index < -0.39 is 0 Å². The number of benzene rings is 1. The van der Waals surface area contributed by atoms with Crippen molar-refractivity contribution in [2.45, 2.75) is 52.4 Å². The molecule has 3 aromatic rings. The molecule has 4 rings (SSSR count). The lowest BCUT2D eigenvalue weighted by atomic mass is 9.98. The van der Waals surface area contributed by atoms with Crippen LogP contribution in [0.15, 0.2) is 24.3 Å². The zero-order valence-corrected chi connectivity index (χ0v) is 19.5. The molecule has 2 aromatic heterocycles. The van der Waals surface area contributed by atoms with Crippen molar-refractivity contribution in [3.05, 3.63) is 41.0 Å². The van der Waals surface area contributed by atoms with Crippen molar-refractivity contribution >= 4 is 22.5 Å². The third-order valence-electron chi connectivity index (χ3n) is 6.69. The summed E-state index contributed by atoms with van der Waals surface area (Å²) in [5.41, 5.74) is 6.07. The van der Waals surface area contributed by atoms with Gasteiger partial charge in [0.1, 0.15) is 11.9 Å². The summed E-state index contributed by atoms with van der Waals surface area (Å²) in [6, 6.07) is 10.8. The molecule has 0 amide bonds. The molecule has 1 unspecified atom stereocenters. The van der Waals surface area contributed by atoms with Crippen molar-refractivity contribution in [2.24, 2.45) is 5.92 Å². The standard InChI is InChI=1S/C26H35N5/c1-5-6-7-8-11-21-19(2)22(16-27)25-28-23-12-9-10-13-24(23)31(25)26(21)30-15-14-20(18-30)17-29(3)4/h9-10,12-13,20H,5-8,11,14-15,17-18H2,1-4H3. The normalized spacial score (nSPS) is 16.6. The monoisotopic (exact) mass is 417 g/mol. The molecule has 0 saturated carbocycles. The third-order valence-corrected chi connectivity index (χ3v) is 6.69. The maximum Gasteiger partial charge on any atom is 0.157 e. The van der Waals surface area contributed by atoms with E-state index in [1.54, 1.807) is 0 Å². The summed E-state index contributed by atoms with van der Waals surface area (Å²) in [5.74, 6) is 1.95. The zero-order chi connectivity index (χ0) is 22.0. The number of hydrogen-bond donors (Lipinski definition) is 0. The molecule has 0 spiro atoms. The second-order valence-corrected chi connectivity index (χ2v) is 9.35. The SMILES string of the molecule is CCCCCCc1c(C)c(C#N)c2nc3ccccc3n2c1N1CCC(CN(C)C)C1. The van der Waals surface area contributed by atoms with Gasteiger partial charge >= 0.3 is 0 Å². The highest BCUT2D eigenvalue weighted by atomic mass is 15.3. The van der Waals surface area contributed by atoms with Crippen molar-refractivity contribution in [1.82, 2.24) is 14.3 Å². The Bertz CT molecular complexity index is 1100. The Labute approximate surface area is 186 Å². The molecule has 1 aliphatic rings. The fourth-order valence-electron chi connectivity index (χ4n) is 5.21. The number of pyridine rings is 1. The van der Waals surface area contributed by atoms with Crippen LogP contribution in [-0.2, 0) is 6.42 Å². The average Bonchev–Trinajstić information content (AvgIpc) is 3.35. The number of imidazole rings is 1. The molecule has 1 aliphatic heterocycles. The van der Waals surface area contributed by atoms with Crippen molar-refractivity contribution in [1.29, 1.82) is 5.26 Å². The second kappa shape index (κ2) is 9.28. The van der Waals surface area contributed by atoms with E-state index in [2.05, 4.69) is 66.4 Å². The molecular formula is C26H35N5. The number of para-hydroxylation sites is 2. The minimum atomic E-state index is 0.670. The fraction of sp³-hybridized carbons (Fsp3) is 0.538. The van der Waals surface area contributed by atoms with Gasteiger partial charge in [0.2, 0.25) is 0 Å². The topological polar surface area (TPSA) is 47.6 Å². The molecule has 1 fully saturated rings. The van der Waals surface area contributed by atoms with E-state index >= 15 is 0 Å². The van der Waals surface area contributed by atoms with Crippen LogP contribution in [0, 0.1) is 24.2 Å². The third kappa shape index (κ3) is 4.14. The van der Waals surface area contributed by atoms with E-state index in [1.165, 1.54) is 43.5 Å². The number of aromatic nitrogens is 2. The van der Waals surface area contributed by atoms with Gasteiger partial charge in [-0.25, -0.2) is 4.98 Å². The van der Waals surface area contributed by atoms with Crippen LogP contribution in [0.2, 0.25) is 0 Å². The highest BCUT2D eigenvalue weighted by Gasteiger charge is 2.29. The molecule has 164 valence electrons. The molecule has 5 heteroatoms. The Balaban J connectivity index is 1.89. The minimum absolute atomic E-state index is 0.670. The van der Waals surface area contributed by atoms with E-state index in [9.17, 15) is 5.26 Å². The molecule has 5 nitrogen and oxygen atoms in total. The van der Waals surface area contributed by atoms with Crippen molar-refractivity contribution < 1.29 is 0 Å². The number of anilines is 1. The predicted molar refractivity (Wildman–Crippen MR) is 129 cm³/mol. The van der Waals surface area contributed by atoms with Crippen molar-refractivity contribution in [3.8, 4) is 6.07 Å². The van der Waals surface area contributed by atoms with Gasteiger partial charge in [0.15, 0.2) is 5.65 Å². The molecule has 0 bridgehead atoms. The summed E-state index contributed by atoms with van der Waals surface area (Å²) >= 11 is 0. The first-order valence-corrected chi connectivity index (χ1v) is 11.8. The number of fused-ring (bicyclic) bond motifs is 3. The minimum Gasteiger partial charge on any atom is -0.357 e. The molecule has 0 radical (unpaired) electrons. The van der Waals surface area contributed by atoms with Crippen LogP contribution in [-0.4, -0.2) is 48.0 Å². The van der Waals surface area contributed by atoms with Crippen LogP contribution >= 0.6 is 0 Å². The highest BCUT2D eigenvalue weighted by molar-refractivity contribution is 5.86. The van der Waals surface area contributed by atoms with E-state index in [4.69, 9.17) is 4.98 Å². The number of rotatable bonds is 8. The lowest BCUT2D eigenvalue weighted by Gasteiger charge is -2.26. The lowest BCUT2D eigenvalue weighted by molar-refractivity contribution is 0.340. The van der Waals surface area contributed by atoms with Gasteiger partial charge < -0.3 is 9.80 Å². The van der Waals surface area contributed by atoms with Crippen LogP contribution in [0.1, 0.15) is 55.7 Å². The molecule has 31 heavy (non-hydrogen) atoms. The first-order chi connectivity index (χ1) is 15.0. The van der Waals surface area contributed by atoms with E-state index in [-0.39, 0.29) is 0 Å². The summed E-state index contributed by atoms with van der Waals surface area (Å²) in [6.45, 7) is 7.62. The van der Waals surface area contributed by atoms with Crippen LogP contribution < -0.4 is 4.90 Å². The number of nitriles is 1. The summed E-state index contributed by atoms with van der Waals surface area (Å²) in [6.07, 6.45) is 7.14. The van der Waals surface area contributed by atoms with Gasteiger partial charge in [-0.3, -0.25) is 4.40 Å². The second-order valence-electron chi connectivity index (χ2n) is 9.35. The summed E-state index contributed by atoms with van der Waals surface area (Å²) < 4.78 is 2.29. The smallest absolute Gasteiger partial charge is 0.157 e. The lowest BCUT2D eigenvalue weighted by Crippen LogP contribution is -2.28. The Morgan fingerprint density at radius 1 is 1.19 bits per heavy atom. The van der Waals surface area contributed by atoms with Gasteiger partial charge in [0.25, 0.3) is 0 Å². The molecule has 3 heterocycles. The predicted octanol–water partition coefficient (Wildman–Crippen LogP) is 5.18. The van der Waals surface area contributed by atoms with Gasteiger partial charge in [-0.15, -0.1) is 0 Å². The first-order valence-electron chi connectivity index (χ1n) is 11.8. The van der Waals surface area contributed by atoms with E-state index in [1.807, 2.05) is 6.07 Å². The molecule has 0 N–H and O–H groups in total. The molecule has 1 saturated heterocycles. The number of hydrogen-bond acceptors (Lipinski definition) is 4. The van der Waals surface area contributed by atoms with E-state index in [0.29, 0.717) is 5.92 Å². The molecule has 1 atom stereocenters. The quantitative estimate of drug-likeness (QED) is 0.474. The van der Waals surface area contributed by atoms with Crippen molar-refractivity contribution in [2.75, 3.05) is 38.6 Å². The van der Waals surface area contributed by atoms with E-state index in [0.717, 1.165) is 53.9 Å². The van der Waals surface area contributed by atoms with Crippen LogP contribution in [0.25, 0.3) is 16.7 Å². The van der Waals surface area contributed by atoms with Gasteiger partial charge in [-0.2, -0.15) is 5.26 Å². The number of nitrogens with zero attached hydrogens (tertiary/aromatic N) is 5. The van der Waals surface area contributed by atoms with Crippen LogP contribution in [0.3, 0.4) is 0 Å². The number of unbranched alkanes of at least 4 members (excludes halogenated alkanes) is 3. The molecular weight excluding hydrogens is 382 g/mol.